The van der Waals surface area contributed by atoms with Crippen molar-refractivity contribution in [1.82, 2.24) is 4.98 Å². The molecule has 0 spiro atoms. The highest BCUT2D eigenvalue weighted by atomic mass is 79.9. The predicted molar refractivity (Wildman–Crippen MR) is 70.5 cm³/mol. The molecule has 1 heterocycles. The van der Waals surface area contributed by atoms with Gasteiger partial charge in [0.1, 0.15) is 11.9 Å². The van der Waals surface area contributed by atoms with Crippen LogP contribution in [0.4, 0.5) is 11.4 Å². The van der Waals surface area contributed by atoms with Crippen LogP contribution in [0.15, 0.2) is 16.9 Å². The molecule has 1 aromatic heterocycles. The predicted octanol–water partition coefficient (Wildman–Crippen LogP) is 2.47. The van der Waals surface area contributed by atoms with Crippen molar-refractivity contribution < 1.29 is 10.0 Å². The molecule has 0 atom stereocenters. The zero-order valence-electron chi connectivity index (χ0n) is 9.73. The number of rotatable bonds is 4. The first-order valence-electron chi connectivity index (χ1n) is 5.76. The summed E-state index contributed by atoms with van der Waals surface area (Å²) >= 11 is 3.23. The summed E-state index contributed by atoms with van der Waals surface area (Å²) in [6.07, 6.45) is 6.16. The molecule has 0 aliphatic heterocycles. The van der Waals surface area contributed by atoms with Crippen LogP contribution in [0.1, 0.15) is 25.7 Å². The Labute approximate surface area is 113 Å². The van der Waals surface area contributed by atoms with Crippen LogP contribution < -0.4 is 5.32 Å². The van der Waals surface area contributed by atoms with Crippen molar-refractivity contribution in [3.63, 3.8) is 0 Å². The Balaban J connectivity index is 2.15. The largest absolute Gasteiger partial charge is 0.388 e. The van der Waals surface area contributed by atoms with Crippen molar-refractivity contribution in [3.05, 3.63) is 27.0 Å². The van der Waals surface area contributed by atoms with E-state index in [0.29, 0.717) is 16.7 Å². The highest BCUT2D eigenvalue weighted by molar-refractivity contribution is 9.10. The average Bonchev–Trinajstić information content (AvgIpc) is 2.74. The maximum Gasteiger partial charge on any atom is 0.311 e. The Morgan fingerprint density at radius 1 is 1.50 bits per heavy atom. The van der Waals surface area contributed by atoms with Gasteiger partial charge in [0.25, 0.3) is 0 Å². The highest BCUT2D eigenvalue weighted by Gasteiger charge is 2.31. The first kappa shape index (κ1) is 13.2. The fraction of sp³-hybridized carbons (Fsp3) is 0.545. The number of aromatic nitrogens is 1. The molecule has 1 fully saturated rings. The molecule has 1 saturated carbocycles. The third kappa shape index (κ3) is 2.78. The van der Waals surface area contributed by atoms with Crippen LogP contribution >= 0.6 is 15.9 Å². The minimum atomic E-state index is -0.753. The molecule has 98 valence electrons. The molecule has 0 radical (unpaired) electrons. The molecule has 7 heteroatoms. The maximum atomic E-state index is 10.9. The maximum absolute atomic E-state index is 10.9. The number of nitrogens with zero attached hydrogens (tertiary/aromatic N) is 2. The van der Waals surface area contributed by atoms with Crippen molar-refractivity contribution >= 4 is 27.3 Å². The molecular weight excluding hydrogens is 302 g/mol. The summed E-state index contributed by atoms with van der Waals surface area (Å²) in [7, 11) is 0. The number of pyridine rings is 1. The average molecular weight is 316 g/mol. The summed E-state index contributed by atoms with van der Waals surface area (Å²) in [5.74, 6) is 0. The van der Waals surface area contributed by atoms with Crippen molar-refractivity contribution in [2.75, 3.05) is 11.9 Å². The van der Waals surface area contributed by atoms with Crippen LogP contribution in [-0.4, -0.2) is 27.2 Å². The van der Waals surface area contributed by atoms with Gasteiger partial charge in [0.15, 0.2) is 0 Å². The Bertz CT molecular complexity index is 461. The van der Waals surface area contributed by atoms with Gasteiger partial charge in [0.2, 0.25) is 0 Å². The third-order valence-electron chi connectivity index (χ3n) is 3.20. The first-order valence-corrected chi connectivity index (χ1v) is 6.55. The Kier molecular flexibility index (Phi) is 3.82. The molecule has 0 bridgehead atoms. The molecule has 2 rings (SSSR count). The quantitative estimate of drug-likeness (QED) is 0.658. The van der Waals surface area contributed by atoms with Crippen LogP contribution in [0.2, 0.25) is 0 Å². The SMILES string of the molecule is O=[N+]([O-])c1cncc(Br)c1NCC1(O)CCCC1. The fourth-order valence-electron chi connectivity index (χ4n) is 2.20. The van der Waals surface area contributed by atoms with Crippen LogP contribution in [0.5, 0.6) is 0 Å². The lowest BCUT2D eigenvalue weighted by Crippen LogP contribution is -2.33. The van der Waals surface area contributed by atoms with Crippen LogP contribution in [-0.2, 0) is 0 Å². The van der Waals surface area contributed by atoms with Gasteiger partial charge >= 0.3 is 5.69 Å². The highest BCUT2D eigenvalue weighted by Crippen LogP contribution is 2.34. The number of nitrogens with one attached hydrogen (secondary N) is 1. The van der Waals surface area contributed by atoms with E-state index in [1.54, 1.807) is 0 Å². The second-order valence-electron chi connectivity index (χ2n) is 4.56. The summed E-state index contributed by atoms with van der Waals surface area (Å²) in [5.41, 5.74) is -0.474. The van der Waals surface area contributed by atoms with Gasteiger partial charge in [-0.05, 0) is 28.8 Å². The Morgan fingerprint density at radius 3 is 2.78 bits per heavy atom. The van der Waals surface area contributed by atoms with Gasteiger partial charge in [-0.25, -0.2) is 0 Å². The van der Waals surface area contributed by atoms with Gasteiger partial charge in [-0.2, -0.15) is 0 Å². The van der Waals surface area contributed by atoms with E-state index in [4.69, 9.17) is 0 Å². The first-order chi connectivity index (χ1) is 8.52. The molecule has 6 nitrogen and oxygen atoms in total. The monoisotopic (exact) mass is 315 g/mol. The topological polar surface area (TPSA) is 88.3 Å². The van der Waals surface area contributed by atoms with Crippen LogP contribution in [0.3, 0.4) is 0 Å². The van der Waals surface area contributed by atoms with Gasteiger partial charge in [-0.1, -0.05) is 12.8 Å². The fourth-order valence-corrected chi connectivity index (χ4v) is 2.66. The minimum Gasteiger partial charge on any atom is -0.388 e. The second kappa shape index (κ2) is 5.19. The van der Waals surface area contributed by atoms with Gasteiger partial charge in [0.05, 0.1) is 15.0 Å². The van der Waals surface area contributed by atoms with E-state index in [2.05, 4.69) is 26.2 Å². The lowest BCUT2D eigenvalue weighted by Gasteiger charge is -2.23. The number of hydrogen-bond donors (Lipinski definition) is 2. The van der Waals surface area contributed by atoms with Crippen molar-refractivity contribution in [3.8, 4) is 0 Å². The van der Waals surface area contributed by atoms with Crippen LogP contribution in [0, 0.1) is 10.1 Å². The summed E-state index contributed by atoms with van der Waals surface area (Å²) in [6.45, 7) is 0.316. The summed E-state index contributed by atoms with van der Waals surface area (Å²) in [4.78, 5) is 14.2. The smallest absolute Gasteiger partial charge is 0.311 e. The van der Waals surface area contributed by atoms with Crippen LogP contribution in [0.25, 0.3) is 0 Å². The number of halogens is 1. The Hall–Kier alpha value is -1.21. The van der Waals surface area contributed by atoms with Gasteiger partial charge in [-0.15, -0.1) is 0 Å². The second-order valence-corrected chi connectivity index (χ2v) is 5.41. The minimum absolute atomic E-state index is 0.0917. The Morgan fingerprint density at radius 2 is 2.17 bits per heavy atom. The number of hydrogen-bond acceptors (Lipinski definition) is 5. The molecule has 0 unspecified atom stereocenters. The molecule has 1 aromatic rings. The lowest BCUT2D eigenvalue weighted by atomic mass is 10.0. The van der Waals surface area contributed by atoms with E-state index in [-0.39, 0.29) is 5.69 Å². The molecule has 1 aliphatic rings. The number of anilines is 1. The van der Waals surface area contributed by atoms with E-state index >= 15 is 0 Å². The van der Waals surface area contributed by atoms with E-state index < -0.39 is 10.5 Å². The number of aliphatic hydroxyl groups is 1. The van der Waals surface area contributed by atoms with Gasteiger partial charge in [-0.3, -0.25) is 15.1 Å². The number of nitro groups is 1. The zero-order valence-corrected chi connectivity index (χ0v) is 11.3. The molecular formula is C11H14BrN3O3. The molecule has 1 aliphatic carbocycles. The van der Waals surface area contributed by atoms with Gasteiger partial charge in [0, 0.05) is 12.7 Å². The summed E-state index contributed by atoms with van der Waals surface area (Å²) in [6, 6.07) is 0. The third-order valence-corrected chi connectivity index (χ3v) is 3.81. The zero-order chi connectivity index (χ0) is 13.2. The normalized spacial score (nSPS) is 17.7. The van der Waals surface area contributed by atoms with E-state index in [0.717, 1.165) is 25.7 Å². The van der Waals surface area contributed by atoms with Crippen molar-refractivity contribution in [2.45, 2.75) is 31.3 Å². The molecule has 2 N–H and O–H groups in total. The van der Waals surface area contributed by atoms with Gasteiger partial charge < -0.3 is 10.4 Å². The molecule has 0 saturated heterocycles. The molecule has 18 heavy (non-hydrogen) atoms. The lowest BCUT2D eigenvalue weighted by molar-refractivity contribution is -0.384. The summed E-state index contributed by atoms with van der Waals surface area (Å²) < 4.78 is 0.526. The van der Waals surface area contributed by atoms with E-state index in [1.807, 2.05) is 0 Å². The molecule has 0 aromatic carbocycles. The van der Waals surface area contributed by atoms with E-state index in [9.17, 15) is 15.2 Å². The van der Waals surface area contributed by atoms with Crippen molar-refractivity contribution in [2.24, 2.45) is 0 Å². The van der Waals surface area contributed by atoms with Crippen molar-refractivity contribution in [1.29, 1.82) is 0 Å². The summed E-state index contributed by atoms with van der Waals surface area (Å²) in [5, 5.41) is 24.1. The standard InChI is InChI=1S/C11H14BrN3O3/c12-8-5-13-6-9(15(17)18)10(8)14-7-11(16)3-1-2-4-11/h5-6,16H,1-4,7H2,(H,13,14). The van der Waals surface area contributed by atoms with E-state index in [1.165, 1.54) is 12.4 Å². The molecule has 0 amide bonds.